The lowest BCUT2D eigenvalue weighted by Crippen LogP contribution is -2.51. The van der Waals surface area contributed by atoms with Crippen LogP contribution >= 0.6 is 12.4 Å². The molecule has 1 heterocycles. The first-order valence-electron chi connectivity index (χ1n) is 9.52. The molecule has 150 valence electrons. The van der Waals surface area contributed by atoms with Crippen molar-refractivity contribution < 1.29 is 14.3 Å². The molecule has 1 aliphatic heterocycles. The van der Waals surface area contributed by atoms with Gasteiger partial charge in [0, 0.05) is 44.6 Å². The first-order chi connectivity index (χ1) is 12.6. The maximum Gasteiger partial charge on any atom is 0.225 e. The molecule has 0 aromatic heterocycles. The normalized spacial score (nSPS) is 22.3. The highest BCUT2D eigenvalue weighted by molar-refractivity contribution is 5.85. The number of rotatable bonds is 5. The van der Waals surface area contributed by atoms with Crippen molar-refractivity contribution in [2.75, 3.05) is 33.3 Å². The van der Waals surface area contributed by atoms with Gasteiger partial charge in [0.1, 0.15) is 5.75 Å². The van der Waals surface area contributed by atoms with E-state index in [1.807, 2.05) is 34.1 Å². The van der Waals surface area contributed by atoms with Crippen LogP contribution in [0.2, 0.25) is 0 Å². The van der Waals surface area contributed by atoms with E-state index in [9.17, 15) is 9.59 Å². The fourth-order valence-electron chi connectivity index (χ4n) is 3.88. The van der Waals surface area contributed by atoms with Crippen LogP contribution in [0.15, 0.2) is 24.3 Å². The van der Waals surface area contributed by atoms with Crippen molar-refractivity contribution in [2.45, 2.75) is 38.1 Å². The predicted molar refractivity (Wildman–Crippen MR) is 107 cm³/mol. The smallest absolute Gasteiger partial charge is 0.225 e. The highest BCUT2D eigenvalue weighted by atomic mass is 35.5. The Morgan fingerprint density at radius 2 is 1.70 bits per heavy atom. The Bertz CT molecular complexity index is 630. The van der Waals surface area contributed by atoms with Crippen LogP contribution in [0.4, 0.5) is 0 Å². The van der Waals surface area contributed by atoms with Gasteiger partial charge in [0.2, 0.25) is 11.8 Å². The average molecular weight is 396 g/mol. The Morgan fingerprint density at radius 1 is 1.07 bits per heavy atom. The highest BCUT2D eigenvalue weighted by Gasteiger charge is 2.32. The second-order valence-electron chi connectivity index (χ2n) is 7.32. The number of carbonyl (C=O) groups is 2. The molecule has 2 atom stereocenters. The van der Waals surface area contributed by atoms with Gasteiger partial charge < -0.3 is 20.3 Å². The number of nitrogens with zero attached hydrogens (tertiary/aromatic N) is 2. The Kier molecular flexibility index (Phi) is 7.92. The minimum Gasteiger partial charge on any atom is -0.497 e. The minimum absolute atomic E-state index is 0. The van der Waals surface area contributed by atoms with Crippen LogP contribution in [0.25, 0.3) is 0 Å². The minimum atomic E-state index is 0. The molecule has 2 amide bonds. The van der Waals surface area contributed by atoms with E-state index in [1.54, 1.807) is 7.11 Å². The Hall–Kier alpha value is -1.79. The van der Waals surface area contributed by atoms with Crippen LogP contribution in [0, 0.1) is 5.92 Å². The van der Waals surface area contributed by atoms with E-state index in [0.717, 1.165) is 37.0 Å². The number of ether oxygens (including phenoxy) is 1. The van der Waals surface area contributed by atoms with Crippen molar-refractivity contribution in [3.05, 3.63) is 29.8 Å². The number of benzene rings is 1. The van der Waals surface area contributed by atoms with Crippen molar-refractivity contribution in [2.24, 2.45) is 11.7 Å². The van der Waals surface area contributed by atoms with Crippen LogP contribution < -0.4 is 10.5 Å². The van der Waals surface area contributed by atoms with Crippen LogP contribution in [0.3, 0.4) is 0 Å². The summed E-state index contributed by atoms with van der Waals surface area (Å²) < 4.78 is 5.15. The zero-order valence-electron chi connectivity index (χ0n) is 15.9. The average Bonchev–Trinajstić information content (AvgIpc) is 3.12. The van der Waals surface area contributed by atoms with E-state index in [0.29, 0.717) is 32.6 Å². The lowest BCUT2D eigenvalue weighted by Gasteiger charge is -2.36. The summed E-state index contributed by atoms with van der Waals surface area (Å²) in [4.78, 5) is 28.8. The van der Waals surface area contributed by atoms with Gasteiger partial charge in [-0.05, 0) is 43.4 Å². The lowest BCUT2D eigenvalue weighted by atomic mass is 10.1. The lowest BCUT2D eigenvalue weighted by molar-refractivity contribution is -0.142. The molecule has 0 bridgehead atoms. The number of halogens is 1. The third kappa shape index (κ3) is 5.59. The molecule has 1 saturated heterocycles. The van der Waals surface area contributed by atoms with Crippen molar-refractivity contribution >= 4 is 24.2 Å². The van der Waals surface area contributed by atoms with E-state index >= 15 is 0 Å². The van der Waals surface area contributed by atoms with Crippen molar-refractivity contribution in [1.29, 1.82) is 0 Å². The summed E-state index contributed by atoms with van der Waals surface area (Å²) in [5, 5.41) is 0. The van der Waals surface area contributed by atoms with Crippen molar-refractivity contribution in [1.82, 2.24) is 9.80 Å². The molecule has 1 aliphatic carbocycles. The molecule has 1 saturated carbocycles. The number of nitrogens with two attached hydrogens (primary N) is 1. The number of aryl methyl sites for hydroxylation is 1. The van der Waals surface area contributed by atoms with Gasteiger partial charge in [-0.3, -0.25) is 9.59 Å². The molecule has 2 N–H and O–H groups in total. The molecule has 6 nitrogen and oxygen atoms in total. The van der Waals surface area contributed by atoms with Crippen molar-refractivity contribution in [3.8, 4) is 5.75 Å². The summed E-state index contributed by atoms with van der Waals surface area (Å²) >= 11 is 0. The maximum absolute atomic E-state index is 12.5. The van der Waals surface area contributed by atoms with Gasteiger partial charge in [-0.25, -0.2) is 0 Å². The zero-order valence-corrected chi connectivity index (χ0v) is 16.7. The van der Waals surface area contributed by atoms with Crippen molar-refractivity contribution in [3.63, 3.8) is 0 Å². The molecule has 27 heavy (non-hydrogen) atoms. The van der Waals surface area contributed by atoms with E-state index in [1.165, 1.54) is 0 Å². The number of methoxy groups -OCH3 is 1. The summed E-state index contributed by atoms with van der Waals surface area (Å²) in [6.07, 6.45) is 3.88. The molecule has 2 aliphatic rings. The predicted octanol–water partition coefficient (Wildman–Crippen LogP) is 1.85. The second kappa shape index (κ2) is 9.95. The highest BCUT2D eigenvalue weighted by Crippen LogP contribution is 2.26. The number of amides is 2. The Labute approximate surface area is 167 Å². The van der Waals surface area contributed by atoms with Crippen LogP contribution in [0.5, 0.6) is 5.75 Å². The molecule has 2 unspecified atom stereocenters. The van der Waals surface area contributed by atoms with Gasteiger partial charge in [0.05, 0.1) is 7.11 Å². The SMILES string of the molecule is COc1ccc(CCC(=O)N2CCN(C(=O)C3CCC(N)C3)CC2)cc1.Cl. The second-order valence-corrected chi connectivity index (χ2v) is 7.32. The fourth-order valence-corrected chi connectivity index (χ4v) is 3.88. The van der Waals surface area contributed by atoms with E-state index < -0.39 is 0 Å². The molecular formula is C20H30ClN3O3. The number of hydrogen-bond donors (Lipinski definition) is 1. The Balaban J connectivity index is 0.00000261. The summed E-state index contributed by atoms with van der Waals surface area (Å²) in [7, 11) is 1.64. The monoisotopic (exact) mass is 395 g/mol. The Morgan fingerprint density at radius 3 is 2.26 bits per heavy atom. The van der Waals surface area contributed by atoms with Crippen LogP contribution in [-0.2, 0) is 16.0 Å². The first kappa shape index (κ1) is 21.5. The third-order valence-corrected chi connectivity index (χ3v) is 5.55. The van der Waals surface area contributed by atoms with E-state index in [4.69, 9.17) is 10.5 Å². The molecule has 7 heteroatoms. The number of hydrogen-bond acceptors (Lipinski definition) is 4. The van der Waals surface area contributed by atoms with E-state index in [2.05, 4.69) is 0 Å². The van der Waals surface area contributed by atoms with Gasteiger partial charge in [0.25, 0.3) is 0 Å². The molecule has 1 aromatic rings. The maximum atomic E-state index is 12.5. The molecule has 3 rings (SSSR count). The third-order valence-electron chi connectivity index (χ3n) is 5.55. The van der Waals surface area contributed by atoms with E-state index in [-0.39, 0.29) is 36.2 Å². The molecule has 2 fully saturated rings. The largest absolute Gasteiger partial charge is 0.497 e. The van der Waals surface area contributed by atoms with Gasteiger partial charge in [-0.1, -0.05) is 12.1 Å². The molecule has 0 spiro atoms. The quantitative estimate of drug-likeness (QED) is 0.825. The first-order valence-corrected chi connectivity index (χ1v) is 9.52. The van der Waals surface area contributed by atoms with Crippen LogP contribution in [0.1, 0.15) is 31.2 Å². The van der Waals surface area contributed by atoms with Gasteiger partial charge in [-0.2, -0.15) is 0 Å². The van der Waals surface area contributed by atoms with Gasteiger partial charge in [0.15, 0.2) is 0 Å². The zero-order chi connectivity index (χ0) is 18.5. The fraction of sp³-hybridized carbons (Fsp3) is 0.600. The number of piperazine rings is 1. The van der Waals surface area contributed by atoms with Gasteiger partial charge >= 0.3 is 0 Å². The number of carbonyl (C=O) groups excluding carboxylic acids is 2. The summed E-state index contributed by atoms with van der Waals surface area (Å²) in [6, 6.07) is 7.99. The van der Waals surface area contributed by atoms with Gasteiger partial charge in [-0.15, -0.1) is 12.4 Å². The molecule has 1 aromatic carbocycles. The molecular weight excluding hydrogens is 366 g/mol. The summed E-state index contributed by atoms with van der Waals surface area (Å²) in [5.41, 5.74) is 7.05. The summed E-state index contributed by atoms with van der Waals surface area (Å²) in [5.74, 6) is 1.30. The standard InChI is InChI=1S/C20H29N3O3.ClH/c1-26-18-7-2-15(3-8-18)4-9-19(24)22-10-12-23(13-11-22)20(25)16-5-6-17(21)14-16;/h2-3,7-8,16-17H,4-6,9-14,21H2,1H3;1H. The van der Waals surface area contributed by atoms with Crippen LogP contribution in [-0.4, -0.2) is 60.9 Å². The molecule has 0 radical (unpaired) electrons. The topological polar surface area (TPSA) is 75.9 Å². The summed E-state index contributed by atoms with van der Waals surface area (Å²) in [6.45, 7) is 2.54.